The Morgan fingerprint density at radius 1 is 0.684 bits per heavy atom. The molecule has 0 unspecified atom stereocenters. The largest absolute Gasteiger partial charge is 0.508 e. The molecule has 0 aromatic heterocycles. The van der Waals surface area contributed by atoms with Crippen LogP contribution in [-0.2, 0) is 0 Å². The Morgan fingerprint density at radius 2 is 1.32 bits per heavy atom. The molecule has 0 atom stereocenters. The molecule has 5 heteroatoms. The Bertz CT molecular complexity index is 623. The summed E-state index contributed by atoms with van der Waals surface area (Å²) in [6.07, 6.45) is 3.07. The maximum absolute atomic E-state index is 9.57. The van der Waals surface area contributed by atoms with Crippen LogP contribution in [0, 0.1) is 0 Å². The number of aromatic hydroxyl groups is 5. The molecule has 2 aromatic rings. The molecule has 2 rings (SSSR count). The highest BCUT2D eigenvalue weighted by Crippen LogP contribution is 2.36. The fourth-order valence-electron chi connectivity index (χ4n) is 1.58. The summed E-state index contributed by atoms with van der Waals surface area (Å²) in [6.45, 7) is 0. The Hall–Kier alpha value is -2.82. The van der Waals surface area contributed by atoms with Crippen LogP contribution in [-0.4, -0.2) is 25.5 Å². The van der Waals surface area contributed by atoms with Crippen molar-refractivity contribution >= 4 is 12.2 Å². The zero-order chi connectivity index (χ0) is 14.0. The molecular weight excluding hydrogens is 248 g/mol. The molecule has 2 aromatic carbocycles. The Balaban J connectivity index is 2.32. The molecule has 98 valence electrons. The second-order valence-corrected chi connectivity index (χ2v) is 3.98. The number of hydrogen-bond donors (Lipinski definition) is 5. The predicted molar refractivity (Wildman–Crippen MR) is 70.1 cm³/mol. The average molecular weight is 260 g/mol. The van der Waals surface area contributed by atoms with Gasteiger partial charge in [-0.1, -0.05) is 12.2 Å². The van der Waals surface area contributed by atoms with Crippen molar-refractivity contribution in [3.05, 3.63) is 41.5 Å². The second-order valence-electron chi connectivity index (χ2n) is 3.98. The van der Waals surface area contributed by atoms with Crippen LogP contribution in [0.15, 0.2) is 30.3 Å². The Kier molecular flexibility index (Phi) is 3.20. The van der Waals surface area contributed by atoms with E-state index in [1.807, 2.05) is 0 Å². The van der Waals surface area contributed by atoms with E-state index in [0.29, 0.717) is 11.1 Å². The number of phenols is 5. The van der Waals surface area contributed by atoms with Gasteiger partial charge in [0.1, 0.15) is 11.5 Å². The van der Waals surface area contributed by atoms with Crippen molar-refractivity contribution in [2.75, 3.05) is 0 Å². The standard InChI is InChI=1S/C14H12O5/c15-10-4-3-9(11(16)7-10)2-1-8-5-12(17)14(19)13(18)6-8/h1-7,15-19H/b2-1+. The SMILES string of the molecule is Oc1ccc(/C=C/c2cc(O)c(O)c(O)c2)c(O)c1. The summed E-state index contributed by atoms with van der Waals surface area (Å²) >= 11 is 0. The van der Waals surface area contributed by atoms with E-state index in [2.05, 4.69) is 0 Å². The van der Waals surface area contributed by atoms with E-state index in [0.717, 1.165) is 0 Å². The lowest BCUT2D eigenvalue weighted by molar-refractivity contribution is 0.368. The Labute approximate surface area is 108 Å². The summed E-state index contributed by atoms with van der Waals surface area (Å²) in [5.74, 6) is -1.59. The van der Waals surface area contributed by atoms with Gasteiger partial charge in [-0.25, -0.2) is 0 Å². The van der Waals surface area contributed by atoms with Crippen LogP contribution in [0.2, 0.25) is 0 Å². The van der Waals surface area contributed by atoms with Crippen LogP contribution < -0.4 is 0 Å². The van der Waals surface area contributed by atoms with Crippen LogP contribution in [0.3, 0.4) is 0 Å². The molecule has 0 heterocycles. The summed E-state index contributed by atoms with van der Waals surface area (Å²) in [5, 5.41) is 46.6. The average Bonchev–Trinajstić information content (AvgIpc) is 2.34. The summed E-state index contributed by atoms with van der Waals surface area (Å²) in [4.78, 5) is 0. The lowest BCUT2D eigenvalue weighted by atomic mass is 10.1. The van der Waals surface area contributed by atoms with Crippen LogP contribution in [0.5, 0.6) is 28.7 Å². The summed E-state index contributed by atoms with van der Waals surface area (Å²) < 4.78 is 0. The molecule has 0 amide bonds. The topological polar surface area (TPSA) is 101 Å². The number of rotatable bonds is 2. The molecule has 0 saturated carbocycles. The maximum atomic E-state index is 9.57. The molecule has 0 fully saturated rings. The van der Waals surface area contributed by atoms with Crippen molar-refractivity contribution in [1.82, 2.24) is 0 Å². The maximum Gasteiger partial charge on any atom is 0.200 e. The molecule has 0 saturated heterocycles. The third-order valence-electron chi connectivity index (χ3n) is 2.56. The molecule has 5 N–H and O–H groups in total. The van der Waals surface area contributed by atoms with E-state index in [4.69, 9.17) is 5.11 Å². The quantitative estimate of drug-likeness (QED) is 0.421. The van der Waals surface area contributed by atoms with Gasteiger partial charge in [-0.3, -0.25) is 0 Å². The van der Waals surface area contributed by atoms with Gasteiger partial charge in [-0.15, -0.1) is 0 Å². The van der Waals surface area contributed by atoms with Gasteiger partial charge < -0.3 is 25.5 Å². The van der Waals surface area contributed by atoms with E-state index in [1.165, 1.54) is 36.4 Å². The molecule has 0 aliphatic heterocycles. The van der Waals surface area contributed by atoms with Gasteiger partial charge in [0.25, 0.3) is 0 Å². The molecule has 19 heavy (non-hydrogen) atoms. The zero-order valence-electron chi connectivity index (χ0n) is 9.78. The zero-order valence-corrected chi connectivity index (χ0v) is 9.78. The predicted octanol–water partition coefficient (Wildman–Crippen LogP) is 2.39. The first-order valence-corrected chi connectivity index (χ1v) is 5.42. The number of hydrogen-bond acceptors (Lipinski definition) is 5. The minimum Gasteiger partial charge on any atom is -0.508 e. The molecular formula is C14H12O5. The third-order valence-corrected chi connectivity index (χ3v) is 2.56. The van der Waals surface area contributed by atoms with Crippen LogP contribution in [0.1, 0.15) is 11.1 Å². The fraction of sp³-hybridized carbons (Fsp3) is 0. The highest BCUT2D eigenvalue weighted by Gasteiger charge is 2.06. The number of benzene rings is 2. The fourth-order valence-corrected chi connectivity index (χ4v) is 1.58. The van der Waals surface area contributed by atoms with E-state index in [1.54, 1.807) is 6.08 Å². The van der Waals surface area contributed by atoms with Crippen LogP contribution in [0.25, 0.3) is 12.2 Å². The third kappa shape index (κ3) is 2.71. The minimum absolute atomic E-state index is 0.0467. The smallest absolute Gasteiger partial charge is 0.200 e. The molecule has 0 spiro atoms. The molecule has 0 aliphatic rings. The number of phenolic OH excluding ortho intramolecular Hbond substituents is 5. The van der Waals surface area contributed by atoms with E-state index < -0.39 is 17.2 Å². The van der Waals surface area contributed by atoms with Crippen molar-refractivity contribution in [3.8, 4) is 28.7 Å². The van der Waals surface area contributed by atoms with Crippen molar-refractivity contribution in [3.63, 3.8) is 0 Å². The Morgan fingerprint density at radius 3 is 1.89 bits per heavy atom. The minimum atomic E-state index is -0.579. The first kappa shape index (κ1) is 12.6. The van der Waals surface area contributed by atoms with Crippen molar-refractivity contribution in [2.45, 2.75) is 0 Å². The summed E-state index contributed by atoms with van der Waals surface area (Å²) in [5.41, 5.74) is 0.908. The highest BCUT2D eigenvalue weighted by molar-refractivity contribution is 5.74. The van der Waals surface area contributed by atoms with E-state index in [9.17, 15) is 20.4 Å². The normalized spacial score (nSPS) is 10.9. The lowest BCUT2D eigenvalue weighted by Gasteiger charge is -2.03. The van der Waals surface area contributed by atoms with Gasteiger partial charge in [0, 0.05) is 11.6 Å². The van der Waals surface area contributed by atoms with Gasteiger partial charge in [-0.05, 0) is 29.8 Å². The lowest BCUT2D eigenvalue weighted by Crippen LogP contribution is -1.77. The molecule has 0 radical (unpaired) electrons. The molecule has 5 nitrogen and oxygen atoms in total. The van der Waals surface area contributed by atoms with E-state index in [-0.39, 0.29) is 11.5 Å². The molecule has 0 bridgehead atoms. The summed E-state index contributed by atoms with van der Waals surface area (Å²) in [6, 6.07) is 6.67. The van der Waals surface area contributed by atoms with Crippen molar-refractivity contribution < 1.29 is 25.5 Å². The van der Waals surface area contributed by atoms with Crippen LogP contribution in [0.4, 0.5) is 0 Å². The van der Waals surface area contributed by atoms with Gasteiger partial charge in [-0.2, -0.15) is 0 Å². The highest BCUT2D eigenvalue weighted by atomic mass is 16.3. The first-order chi connectivity index (χ1) is 8.97. The van der Waals surface area contributed by atoms with Gasteiger partial charge in [0.15, 0.2) is 17.2 Å². The van der Waals surface area contributed by atoms with Gasteiger partial charge in [0.2, 0.25) is 0 Å². The van der Waals surface area contributed by atoms with E-state index >= 15 is 0 Å². The molecule has 0 aliphatic carbocycles. The van der Waals surface area contributed by atoms with Gasteiger partial charge >= 0.3 is 0 Å². The van der Waals surface area contributed by atoms with Crippen molar-refractivity contribution in [1.29, 1.82) is 0 Å². The monoisotopic (exact) mass is 260 g/mol. The van der Waals surface area contributed by atoms with Crippen LogP contribution >= 0.6 is 0 Å². The summed E-state index contributed by atoms with van der Waals surface area (Å²) in [7, 11) is 0. The van der Waals surface area contributed by atoms with Crippen molar-refractivity contribution in [2.24, 2.45) is 0 Å². The first-order valence-electron chi connectivity index (χ1n) is 5.42. The van der Waals surface area contributed by atoms with Gasteiger partial charge in [0.05, 0.1) is 0 Å². The second kappa shape index (κ2) is 4.81.